The normalized spacial score (nSPS) is 28.4. The maximum absolute atomic E-state index is 4.56. The number of pyridine rings is 1. The number of anilines is 1. The van der Waals surface area contributed by atoms with Crippen LogP contribution in [0.5, 0.6) is 0 Å². The molecule has 2 unspecified atom stereocenters. The van der Waals surface area contributed by atoms with Gasteiger partial charge in [-0.15, -0.1) is 0 Å². The van der Waals surface area contributed by atoms with Gasteiger partial charge in [0.1, 0.15) is 5.65 Å². The summed E-state index contributed by atoms with van der Waals surface area (Å²) < 4.78 is 0. The molecule has 25 heavy (non-hydrogen) atoms. The minimum atomic E-state index is 0.450. The largest absolute Gasteiger partial charge is 0.350 e. The second-order valence-corrected chi connectivity index (χ2v) is 7.22. The molecule has 6 rings (SSSR count). The van der Waals surface area contributed by atoms with Gasteiger partial charge in [-0.25, -0.2) is 15.0 Å². The van der Waals surface area contributed by atoms with Crippen molar-refractivity contribution in [2.24, 2.45) is 5.92 Å². The molecule has 3 aliphatic rings. The number of fused-ring (bicyclic) bond motifs is 4. The van der Waals surface area contributed by atoms with Gasteiger partial charge in [0, 0.05) is 53.4 Å². The van der Waals surface area contributed by atoms with E-state index in [2.05, 4.69) is 43.1 Å². The first kappa shape index (κ1) is 14.8. The molecular weight excluding hydrogens is 312 g/mol. The number of piperidine rings is 3. The van der Waals surface area contributed by atoms with E-state index in [1.54, 1.807) is 0 Å². The molecule has 6 heteroatoms. The van der Waals surface area contributed by atoms with Crippen molar-refractivity contribution in [1.82, 2.24) is 24.8 Å². The van der Waals surface area contributed by atoms with E-state index in [1.165, 1.54) is 25.9 Å². The van der Waals surface area contributed by atoms with Crippen molar-refractivity contribution in [3.05, 3.63) is 36.9 Å². The Labute approximate surface area is 146 Å². The minimum Gasteiger partial charge on any atom is -0.350 e. The van der Waals surface area contributed by atoms with E-state index in [-0.39, 0.29) is 0 Å². The van der Waals surface area contributed by atoms with Crippen LogP contribution in [-0.2, 0) is 0 Å². The van der Waals surface area contributed by atoms with Crippen LogP contribution in [0, 0.1) is 5.92 Å². The molecule has 3 saturated heterocycles. The van der Waals surface area contributed by atoms with Crippen molar-refractivity contribution in [2.45, 2.75) is 31.8 Å². The first-order valence-electron chi connectivity index (χ1n) is 9.04. The minimum absolute atomic E-state index is 0.450. The molecule has 0 spiro atoms. The van der Waals surface area contributed by atoms with Gasteiger partial charge in [-0.2, -0.15) is 0 Å². The lowest BCUT2D eigenvalue weighted by atomic mass is 9.79. The number of rotatable bonds is 3. The van der Waals surface area contributed by atoms with Gasteiger partial charge in [0.25, 0.3) is 0 Å². The second-order valence-electron chi connectivity index (χ2n) is 7.22. The maximum Gasteiger partial charge on any atom is 0.222 e. The van der Waals surface area contributed by atoms with Gasteiger partial charge < -0.3 is 10.3 Å². The van der Waals surface area contributed by atoms with Crippen LogP contribution in [0.25, 0.3) is 22.2 Å². The van der Waals surface area contributed by atoms with Gasteiger partial charge in [-0.3, -0.25) is 4.90 Å². The summed E-state index contributed by atoms with van der Waals surface area (Å²) in [6.45, 7) is 4.78. The summed E-state index contributed by atoms with van der Waals surface area (Å²) in [5, 5.41) is 4.68. The number of aromatic nitrogens is 4. The highest BCUT2D eigenvalue weighted by atomic mass is 15.2. The van der Waals surface area contributed by atoms with E-state index in [0.717, 1.165) is 34.0 Å². The molecule has 0 amide bonds. The van der Waals surface area contributed by atoms with Crippen LogP contribution in [0.2, 0.25) is 0 Å². The third-order valence-corrected chi connectivity index (χ3v) is 5.86. The monoisotopic (exact) mass is 334 g/mol. The zero-order valence-corrected chi connectivity index (χ0v) is 14.3. The molecule has 3 fully saturated rings. The number of hydrogen-bond donors (Lipinski definition) is 2. The van der Waals surface area contributed by atoms with Gasteiger partial charge in [0.2, 0.25) is 5.95 Å². The Morgan fingerprint density at radius 3 is 2.60 bits per heavy atom. The molecular formula is C19H22N6. The van der Waals surface area contributed by atoms with Crippen molar-refractivity contribution < 1.29 is 0 Å². The van der Waals surface area contributed by atoms with Crippen molar-refractivity contribution in [3.63, 3.8) is 0 Å². The maximum atomic E-state index is 4.56. The Kier molecular flexibility index (Phi) is 3.45. The summed E-state index contributed by atoms with van der Waals surface area (Å²) >= 11 is 0. The number of H-pyrrole nitrogens is 1. The topological polar surface area (TPSA) is 69.7 Å². The number of hydrogen-bond acceptors (Lipinski definition) is 5. The Balaban J connectivity index is 1.36. The van der Waals surface area contributed by atoms with Gasteiger partial charge >= 0.3 is 0 Å². The molecule has 2 atom stereocenters. The van der Waals surface area contributed by atoms with Gasteiger partial charge in [0.15, 0.2) is 0 Å². The predicted molar refractivity (Wildman–Crippen MR) is 98.3 cm³/mol. The smallest absolute Gasteiger partial charge is 0.222 e. The molecule has 0 radical (unpaired) electrons. The fraction of sp³-hybridized carbons (Fsp3) is 0.421. The number of nitrogens with zero attached hydrogens (tertiary/aromatic N) is 4. The van der Waals surface area contributed by atoms with Crippen LogP contribution < -0.4 is 5.32 Å². The van der Waals surface area contributed by atoms with Crippen LogP contribution in [-0.4, -0.2) is 50.0 Å². The molecule has 128 valence electrons. The van der Waals surface area contributed by atoms with Crippen molar-refractivity contribution in [1.29, 1.82) is 0 Å². The number of nitrogens with one attached hydrogen (secondary N) is 2. The average molecular weight is 334 g/mol. The summed E-state index contributed by atoms with van der Waals surface area (Å²) in [6.07, 6.45) is 10.1. The zero-order valence-electron chi connectivity index (χ0n) is 14.3. The summed E-state index contributed by atoms with van der Waals surface area (Å²) in [5.41, 5.74) is 2.93. The summed E-state index contributed by atoms with van der Waals surface area (Å²) in [6, 6.07) is 5.14. The third kappa shape index (κ3) is 2.57. The van der Waals surface area contributed by atoms with E-state index in [0.29, 0.717) is 12.1 Å². The molecule has 0 aromatic carbocycles. The van der Waals surface area contributed by atoms with Crippen LogP contribution in [0.3, 0.4) is 0 Å². The van der Waals surface area contributed by atoms with Crippen molar-refractivity contribution >= 4 is 17.0 Å². The Bertz CT molecular complexity index is 876. The molecule has 0 saturated carbocycles. The van der Waals surface area contributed by atoms with Crippen LogP contribution in [0.4, 0.5) is 5.95 Å². The van der Waals surface area contributed by atoms with E-state index in [9.17, 15) is 0 Å². The van der Waals surface area contributed by atoms with Crippen LogP contribution in [0.1, 0.15) is 19.8 Å². The zero-order chi connectivity index (χ0) is 16.8. The molecule has 6 heterocycles. The van der Waals surface area contributed by atoms with Gasteiger partial charge in [-0.1, -0.05) is 0 Å². The number of aromatic amines is 1. The Morgan fingerprint density at radius 1 is 1.08 bits per heavy atom. The molecule has 2 N–H and O–H groups in total. The van der Waals surface area contributed by atoms with Crippen molar-refractivity contribution in [3.8, 4) is 11.1 Å². The Morgan fingerprint density at radius 2 is 1.84 bits per heavy atom. The molecule has 2 bridgehead atoms. The van der Waals surface area contributed by atoms with Crippen LogP contribution in [0.15, 0.2) is 36.9 Å². The predicted octanol–water partition coefficient (Wildman–Crippen LogP) is 2.91. The van der Waals surface area contributed by atoms with Crippen LogP contribution >= 0.6 is 0 Å². The standard InChI is InChI=1S/C19H22N6/c1-12-17(13-3-6-25(12)7-4-13)24-19-22-10-16(11-23-19)15-8-14-2-5-20-18(14)21-9-15/h2,5,8-13,17H,3-4,6-7H2,1H3,(H,20,21)(H,22,23,24). The molecule has 0 aliphatic carbocycles. The first-order chi connectivity index (χ1) is 12.3. The lowest BCUT2D eigenvalue weighted by Gasteiger charge is -2.49. The molecule has 3 aliphatic heterocycles. The Hall–Kier alpha value is -2.47. The quantitative estimate of drug-likeness (QED) is 0.771. The van der Waals surface area contributed by atoms with Gasteiger partial charge in [0.05, 0.1) is 0 Å². The molecule has 3 aromatic rings. The van der Waals surface area contributed by atoms with E-state index in [4.69, 9.17) is 0 Å². The highest BCUT2D eigenvalue weighted by molar-refractivity contribution is 5.80. The lowest BCUT2D eigenvalue weighted by Crippen LogP contribution is -2.59. The fourth-order valence-electron chi connectivity index (χ4n) is 4.34. The van der Waals surface area contributed by atoms with E-state index in [1.807, 2.05) is 30.9 Å². The van der Waals surface area contributed by atoms with Crippen molar-refractivity contribution in [2.75, 3.05) is 18.4 Å². The summed E-state index contributed by atoms with van der Waals surface area (Å²) in [5.74, 6) is 1.47. The third-order valence-electron chi connectivity index (χ3n) is 5.86. The van der Waals surface area contributed by atoms with E-state index >= 15 is 0 Å². The SMILES string of the molecule is CC1C(Nc2ncc(-c3cnc4[nH]ccc4c3)cn2)C2CCN1CC2. The lowest BCUT2D eigenvalue weighted by molar-refractivity contribution is 0.0455. The van der Waals surface area contributed by atoms with Gasteiger partial charge in [-0.05, 0) is 50.9 Å². The molecule has 3 aromatic heterocycles. The summed E-state index contributed by atoms with van der Waals surface area (Å²) in [7, 11) is 0. The fourth-order valence-corrected chi connectivity index (χ4v) is 4.34. The summed E-state index contributed by atoms with van der Waals surface area (Å²) in [4.78, 5) is 19.2. The first-order valence-corrected chi connectivity index (χ1v) is 9.04. The highest BCUT2D eigenvalue weighted by Crippen LogP contribution is 2.33. The second kappa shape index (κ2) is 5.81. The average Bonchev–Trinajstić information content (AvgIpc) is 3.13. The molecule has 6 nitrogen and oxygen atoms in total. The van der Waals surface area contributed by atoms with E-state index < -0.39 is 0 Å². The highest BCUT2D eigenvalue weighted by Gasteiger charge is 2.39.